The molecule has 3 nitrogen and oxygen atoms in total. The highest BCUT2D eigenvalue weighted by Gasteiger charge is 2.13. The molecule has 15 heavy (non-hydrogen) atoms. The second-order valence-corrected chi connectivity index (χ2v) is 4.64. The predicted octanol–water partition coefficient (Wildman–Crippen LogP) is 2.09. The van der Waals surface area contributed by atoms with Crippen LogP contribution >= 0.6 is 0 Å². The fourth-order valence-corrected chi connectivity index (χ4v) is 1.83. The van der Waals surface area contributed by atoms with Crippen molar-refractivity contribution in [3.63, 3.8) is 0 Å². The first-order valence-electron chi connectivity index (χ1n) is 4.46. The van der Waals surface area contributed by atoms with Gasteiger partial charge in [0.25, 0.3) is 10.1 Å². The molecular formula is C11H13O3S. The normalized spacial score (nSPS) is 11.3. The molecule has 81 valence electrons. The van der Waals surface area contributed by atoms with Crippen LogP contribution < -0.4 is 0 Å². The molecule has 1 aromatic rings. The minimum Gasteiger partial charge on any atom is -0.266 e. The van der Waals surface area contributed by atoms with Gasteiger partial charge < -0.3 is 0 Å². The van der Waals surface area contributed by atoms with E-state index in [2.05, 4.69) is 6.58 Å². The number of hydrogen-bond donors (Lipinski definition) is 0. The van der Waals surface area contributed by atoms with Gasteiger partial charge in [-0.25, -0.2) is 0 Å². The Morgan fingerprint density at radius 3 is 2.47 bits per heavy atom. The summed E-state index contributed by atoms with van der Waals surface area (Å²) in [6.07, 6.45) is 3.02. The van der Waals surface area contributed by atoms with Crippen molar-refractivity contribution in [1.29, 1.82) is 0 Å². The lowest BCUT2D eigenvalue weighted by molar-refractivity contribution is 0.349. The van der Waals surface area contributed by atoms with E-state index in [0.29, 0.717) is 0 Å². The predicted molar refractivity (Wildman–Crippen MR) is 58.8 cm³/mol. The molecule has 0 aromatic heterocycles. The minimum absolute atomic E-state index is 0.0136. The summed E-state index contributed by atoms with van der Waals surface area (Å²) in [4.78, 5) is 0.172. The van der Waals surface area contributed by atoms with Crippen LogP contribution in [0.2, 0.25) is 0 Å². The van der Waals surface area contributed by atoms with Crippen LogP contribution in [-0.2, 0) is 14.3 Å². The molecule has 0 bridgehead atoms. The molecule has 0 aliphatic heterocycles. The van der Waals surface area contributed by atoms with Crippen LogP contribution in [0.15, 0.2) is 41.8 Å². The Bertz CT molecular complexity index is 418. The number of hydrogen-bond acceptors (Lipinski definition) is 3. The summed E-state index contributed by atoms with van der Waals surface area (Å²) in [7, 11) is -3.63. The lowest BCUT2D eigenvalue weighted by atomic mass is 10.2. The molecule has 4 heteroatoms. The molecule has 0 unspecified atom stereocenters. The second kappa shape index (κ2) is 5.09. The summed E-state index contributed by atoms with van der Waals surface area (Å²) in [5.41, 5.74) is 1.01. The number of aryl methyl sites for hydroxylation is 1. The van der Waals surface area contributed by atoms with Crippen molar-refractivity contribution in [1.82, 2.24) is 0 Å². The van der Waals surface area contributed by atoms with Gasteiger partial charge in [0.15, 0.2) is 0 Å². The zero-order valence-electron chi connectivity index (χ0n) is 8.51. The highest BCUT2D eigenvalue weighted by molar-refractivity contribution is 7.86. The Kier molecular flexibility index (Phi) is 4.05. The Hall–Kier alpha value is -1.13. The monoisotopic (exact) mass is 225 g/mol. The first-order chi connectivity index (χ1) is 7.06. The maximum Gasteiger partial charge on any atom is 0.296 e. The van der Waals surface area contributed by atoms with E-state index in [1.165, 1.54) is 24.6 Å². The van der Waals surface area contributed by atoms with Crippen molar-refractivity contribution in [2.75, 3.05) is 6.61 Å². The largest absolute Gasteiger partial charge is 0.296 e. The molecule has 0 heterocycles. The molecule has 0 spiro atoms. The van der Waals surface area contributed by atoms with Gasteiger partial charge >= 0.3 is 0 Å². The maximum absolute atomic E-state index is 11.5. The third-order valence-corrected chi connectivity index (χ3v) is 3.09. The van der Waals surface area contributed by atoms with Crippen LogP contribution in [0, 0.1) is 13.3 Å². The average molecular weight is 225 g/mol. The van der Waals surface area contributed by atoms with Gasteiger partial charge in [0, 0.05) is 6.42 Å². The standard InChI is InChI=1S/C11H13O3S/c1-3-4-9-14-15(12,13)11-7-5-10(2)6-8-11/h3-8H,1,9H2,2H3. The number of rotatable bonds is 5. The molecule has 1 rings (SSSR count). The van der Waals surface area contributed by atoms with E-state index in [-0.39, 0.29) is 11.5 Å². The van der Waals surface area contributed by atoms with E-state index in [1.54, 1.807) is 12.1 Å². The Morgan fingerprint density at radius 2 is 1.93 bits per heavy atom. The van der Waals surface area contributed by atoms with E-state index in [0.717, 1.165) is 5.56 Å². The van der Waals surface area contributed by atoms with Gasteiger partial charge in [-0.2, -0.15) is 8.42 Å². The van der Waals surface area contributed by atoms with Crippen LogP contribution in [0.5, 0.6) is 0 Å². The van der Waals surface area contributed by atoms with Crippen LogP contribution in [0.4, 0.5) is 0 Å². The molecule has 0 N–H and O–H groups in total. The smallest absolute Gasteiger partial charge is 0.266 e. The summed E-state index contributed by atoms with van der Waals surface area (Å²) in [6, 6.07) is 6.51. The van der Waals surface area contributed by atoms with Crippen LogP contribution in [0.3, 0.4) is 0 Å². The highest BCUT2D eigenvalue weighted by Crippen LogP contribution is 2.13. The van der Waals surface area contributed by atoms with Gasteiger partial charge in [0.2, 0.25) is 0 Å². The first-order valence-corrected chi connectivity index (χ1v) is 5.87. The van der Waals surface area contributed by atoms with Crippen molar-refractivity contribution in [3.8, 4) is 0 Å². The van der Waals surface area contributed by atoms with Gasteiger partial charge in [-0.1, -0.05) is 23.8 Å². The van der Waals surface area contributed by atoms with E-state index < -0.39 is 10.1 Å². The highest BCUT2D eigenvalue weighted by atomic mass is 32.2. The van der Waals surface area contributed by atoms with Crippen LogP contribution in [0.1, 0.15) is 5.56 Å². The lowest BCUT2D eigenvalue weighted by Gasteiger charge is -2.04. The van der Waals surface area contributed by atoms with Crippen molar-refractivity contribution >= 4 is 10.1 Å². The topological polar surface area (TPSA) is 43.4 Å². The zero-order valence-corrected chi connectivity index (χ0v) is 9.33. The van der Waals surface area contributed by atoms with Gasteiger partial charge in [0.1, 0.15) is 0 Å². The summed E-state index contributed by atoms with van der Waals surface area (Å²) >= 11 is 0. The molecule has 0 saturated heterocycles. The van der Waals surface area contributed by atoms with Crippen molar-refractivity contribution in [3.05, 3.63) is 48.9 Å². The molecule has 0 fully saturated rings. The van der Waals surface area contributed by atoms with Gasteiger partial charge in [-0.15, -0.1) is 6.58 Å². The maximum atomic E-state index is 11.5. The lowest BCUT2D eigenvalue weighted by Crippen LogP contribution is -2.07. The third kappa shape index (κ3) is 3.49. The van der Waals surface area contributed by atoms with Gasteiger partial charge in [-0.3, -0.25) is 4.18 Å². The Morgan fingerprint density at radius 1 is 1.33 bits per heavy atom. The fourth-order valence-electron chi connectivity index (χ4n) is 0.970. The van der Waals surface area contributed by atoms with Crippen LogP contribution in [0.25, 0.3) is 0 Å². The number of benzene rings is 1. The van der Waals surface area contributed by atoms with E-state index in [4.69, 9.17) is 4.18 Å². The van der Waals surface area contributed by atoms with Crippen molar-refractivity contribution < 1.29 is 12.6 Å². The first kappa shape index (κ1) is 11.9. The molecule has 0 aliphatic carbocycles. The van der Waals surface area contributed by atoms with Gasteiger partial charge in [-0.05, 0) is 19.1 Å². The second-order valence-electron chi connectivity index (χ2n) is 3.02. The van der Waals surface area contributed by atoms with Crippen molar-refractivity contribution in [2.45, 2.75) is 11.8 Å². The summed E-state index contributed by atoms with van der Waals surface area (Å²) in [5.74, 6) is 0. The minimum atomic E-state index is -3.63. The summed E-state index contributed by atoms with van der Waals surface area (Å²) in [6.45, 7) is 5.34. The van der Waals surface area contributed by atoms with Crippen LogP contribution in [-0.4, -0.2) is 15.0 Å². The summed E-state index contributed by atoms with van der Waals surface area (Å²) in [5, 5.41) is 0. The fraction of sp³-hybridized carbons (Fsp3) is 0.182. The average Bonchev–Trinajstić information content (AvgIpc) is 2.18. The zero-order chi connectivity index (χ0) is 11.3. The molecule has 0 aliphatic rings. The van der Waals surface area contributed by atoms with Crippen molar-refractivity contribution in [2.24, 2.45) is 0 Å². The quantitative estimate of drug-likeness (QED) is 0.569. The van der Waals surface area contributed by atoms with E-state index in [1.807, 2.05) is 6.92 Å². The Labute approximate surface area is 90.5 Å². The van der Waals surface area contributed by atoms with E-state index >= 15 is 0 Å². The van der Waals surface area contributed by atoms with E-state index in [9.17, 15) is 8.42 Å². The Balaban J connectivity index is 2.77. The molecule has 1 aromatic carbocycles. The molecular weight excluding hydrogens is 212 g/mol. The summed E-state index contributed by atoms with van der Waals surface area (Å²) < 4.78 is 27.8. The molecule has 0 saturated carbocycles. The van der Waals surface area contributed by atoms with Gasteiger partial charge in [0.05, 0.1) is 11.5 Å². The molecule has 0 amide bonds. The third-order valence-electron chi connectivity index (χ3n) is 1.80. The SMILES string of the molecule is C=C[CH]COS(=O)(=O)c1ccc(C)cc1. The molecule has 1 radical (unpaired) electrons. The molecule has 0 atom stereocenters.